The van der Waals surface area contributed by atoms with Gasteiger partial charge in [-0.25, -0.2) is 0 Å². The SMILES string of the molecule is CCOC(=O)CCN(CCC(=O)OCC)C1CC(C)(C)N(OC2CCCCC2)C(C)(C)C1. The number of piperidine rings is 1. The molecule has 186 valence electrons. The fraction of sp³-hybridized carbons (Fsp3) is 0.920. The molecule has 1 aliphatic carbocycles. The van der Waals surface area contributed by atoms with E-state index in [4.69, 9.17) is 14.3 Å². The Morgan fingerprint density at radius 1 is 0.844 bits per heavy atom. The molecular formula is C25H46N2O5. The highest BCUT2D eigenvalue weighted by atomic mass is 16.7. The van der Waals surface area contributed by atoms with Crippen LogP contribution < -0.4 is 0 Å². The number of rotatable bonds is 11. The zero-order chi connectivity index (χ0) is 23.8. The molecule has 7 heteroatoms. The van der Waals surface area contributed by atoms with Gasteiger partial charge in [0.25, 0.3) is 0 Å². The smallest absolute Gasteiger partial charge is 0.307 e. The Labute approximate surface area is 195 Å². The van der Waals surface area contributed by atoms with Gasteiger partial charge in [-0.1, -0.05) is 19.3 Å². The van der Waals surface area contributed by atoms with Gasteiger partial charge in [0.1, 0.15) is 0 Å². The van der Waals surface area contributed by atoms with Crippen LogP contribution in [0.25, 0.3) is 0 Å². The minimum atomic E-state index is -0.190. The average molecular weight is 455 g/mol. The zero-order valence-corrected chi connectivity index (χ0v) is 21.3. The molecule has 2 rings (SSSR count). The molecular weight excluding hydrogens is 408 g/mol. The number of nitrogens with zero attached hydrogens (tertiary/aromatic N) is 2. The van der Waals surface area contributed by atoms with Crippen LogP contribution in [0.3, 0.4) is 0 Å². The summed E-state index contributed by atoms with van der Waals surface area (Å²) in [5.74, 6) is -0.379. The van der Waals surface area contributed by atoms with Gasteiger partial charge in [-0.05, 0) is 67.2 Å². The monoisotopic (exact) mass is 454 g/mol. The van der Waals surface area contributed by atoms with Crippen molar-refractivity contribution in [2.24, 2.45) is 0 Å². The molecule has 0 N–H and O–H groups in total. The fourth-order valence-corrected chi connectivity index (χ4v) is 5.49. The summed E-state index contributed by atoms with van der Waals surface area (Å²) in [6.07, 6.45) is 8.87. The third kappa shape index (κ3) is 7.99. The van der Waals surface area contributed by atoms with Crippen molar-refractivity contribution in [1.29, 1.82) is 0 Å². The number of carbonyl (C=O) groups excluding carboxylic acids is 2. The predicted octanol–water partition coefficient (Wildman–Crippen LogP) is 4.48. The van der Waals surface area contributed by atoms with Crippen LogP contribution in [0, 0.1) is 0 Å². The molecule has 2 aliphatic rings. The molecule has 1 saturated carbocycles. The van der Waals surface area contributed by atoms with Crippen molar-refractivity contribution in [2.45, 2.75) is 123 Å². The lowest BCUT2D eigenvalue weighted by molar-refractivity contribution is -0.314. The van der Waals surface area contributed by atoms with Crippen molar-refractivity contribution in [3.8, 4) is 0 Å². The number of hydroxylamine groups is 2. The molecule has 32 heavy (non-hydrogen) atoms. The van der Waals surface area contributed by atoms with E-state index in [1.165, 1.54) is 19.3 Å². The molecule has 0 spiro atoms. The molecule has 0 atom stereocenters. The van der Waals surface area contributed by atoms with E-state index in [2.05, 4.69) is 37.7 Å². The van der Waals surface area contributed by atoms with Crippen molar-refractivity contribution in [1.82, 2.24) is 9.96 Å². The summed E-state index contributed by atoms with van der Waals surface area (Å²) in [6.45, 7) is 14.6. The fourth-order valence-electron chi connectivity index (χ4n) is 5.49. The Kier molecular flexibility index (Phi) is 10.4. The lowest BCUT2D eigenvalue weighted by atomic mass is 9.78. The summed E-state index contributed by atoms with van der Waals surface area (Å²) in [7, 11) is 0. The van der Waals surface area contributed by atoms with Crippen LogP contribution >= 0.6 is 0 Å². The summed E-state index contributed by atoms with van der Waals surface area (Å²) >= 11 is 0. The van der Waals surface area contributed by atoms with Gasteiger partial charge in [-0.3, -0.25) is 19.3 Å². The summed E-state index contributed by atoms with van der Waals surface area (Å²) < 4.78 is 10.3. The van der Waals surface area contributed by atoms with Crippen LogP contribution in [-0.2, 0) is 23.9 Å². The molecule has 0 amide bonds. The van der Waals surface area contributed by atoms with Crippen LogP contribution in [0.1, 0.15) is 99.3 Å². The average Bonchev–Trinajstić information content (AvgIpc) is 2.71. The van der Waals surface area contributed by atoms with Crippen LogP contribution in [0.5, 0.6) is 0 Å². The highest BCUT2D eigenvalue weighted by Gasteiger charge is 2.48. The molecule has 0 bridgehead atoms. The maximum absolute atomic E-state index is 12.0. The molecule has 2 fully saturated rings. The molecule has 0 aromatic heterocycles. The van der Waals surface area contributed by atoms with Crippen molar-refractivity contribution in [2.75, 3.05) is 26.3 Å². The normalized spacial score (nSPS) is 22.1. The lowest BCUT2D eigenvalue weighted by Gasteiger charge is -2.56. The second kappa shape index (κ2) is 12.3. The van der Waals surface area contributed by atoms with Gasteiger partial charge >= 0.3 is 11.9 Å². The molecule has 0 aromatic rings. The molecule has 0 radical (unpaired) electrons. The number of hydrogen-bond acceptors (Lipinski definition) is 7. The van der Waals surface area contributed by atoms with Crippen LogP contribution in [-0.4, -0.2) is 71.4 Å². The van der Waals surface area contributed by atoms with Gasteiger partial charge in [-0.2, -0.15) is 5.06 Å². The Bertz CT molecular complexity index is 561. The number of esters is 2. The summed E-state index contributed by atoms with van der Waals surface area (Å²) in [5.41, 5.74) is -0.314. The van der Waals surface area contributed by atoms with Crippen molar-refractivity contribution in [3.05, 3.63) is 0 Å². The highest BCUT2D eigenvalue weighted by molar-refractivity contribution is 5.70. The Morgan fingerprint density at radius 3 is 1.75 bits per heavy atom. The van der Waals surface area contributed by atoms with Gasteiger partial charge in [0.2, 0.25) is 0 Å². The maximum Gasteiger partial charge on any atom is 0.307 e. The Balaban J connectivity index is 2.10. The molecule has 1 saturated heterocycles. The largest absolute Gasteiger partial charge is 0.466 e. The zero-order valence-electron chi connectivity index (χ0n) is 21.3. The quantitative estimate of drug-likeness (QED) is 0.426. The molecule has 0 aromatic carbocycles. The minimum Gasteiger partial charge on any atom is -0.466 e. The molecule has 7 nitrogen and oxygen atoms in total. The summed E-state index contributed by atoms with van der Waals surface area (Å²) in [5, 5.41) is 2.25. The van der Waals surface area contributed by atoms with Gasteiger partial charge in [-0.15, -0.1) is 0 Å². The van der Waals surface area contributed by atoms with E-state index in [1.54, 1.807) is 0 Å². The number of ether oxygens (including phenoxy) is 2. The number of carbonyl (C=O) groups is 2. The first kappa shape index (κ1) is 27.1. The van der Waals surface area contributed by atoms with Crippen molar-refractivity contribution >= 4 is 11.9 Å². The van der Waals surface area contributed by atoms with E-state index in [0.29, 0.717) is 45.2 Å². The van der Waals surface area contributed by atoms with E-state index in [9.17, 15) is 9.59 Å². The highest BCUT2D eigenvalue weighted by Crippen LogP contribution is 2.42. The first-order valence-electron chi connectivity index (χ1n) is 12.6. The second-order valence-electron chi connectivity index (χ2n) is 10.5. The minimum absolute atomic E-state index is 0.157. The Morgan fingerprint density at radius 2 is 1.31 bits per heavy atom. The van der Waals surface area contributed by atoms with Crippen molar-refractivity contribution in [3.63, 3.8) is 0 Å². The van der Waals surface area contributed by atoms with E-state index >= 15 is 0 Å². The molecule has 1 aliphatic heterocycles. The molecule has 0 unspecified atom stereocenters. The topological polar surface area (TPSA) is 68.3 Å². The molecule has 1 heterocycles. The lowest BCUT2D eigenvalue weighted by Crippen LogP contribution is -2.65. The van der Waals surface area contributed by atoms with Crippen molar-refractivity contribution < 1.29 is 23.9 Å². The van der Waals surface area contributed by atoms with Gasteiger partial charge < -0.3 is 9.47 Å². The third-order valence-electron chi connectivity index (χ3n) is 6.71. The predicted molar refractivity (Wildman–Crippen MR) is 125 cm³/mol. The first-order valence-corrected chi connectivity index (χ1v) is 12.6. The third-order valence-corrected chi connectivity index (χ3v) is 6.71. The van der Waals surface area contributed by atoms with Gasteiger partial charge in [0, 0.05) is 30.2 Å². The van der Waals surface area contributed by atoms with Gasteiger partial charge in [0.05, 0.1) is 32.2 Å². The number of hydrogen-bond donors (Lipinski definition) is 0. The second-order valence-corrected chi connectivity index (χ2v) is 10.5. The van der Waals surface area contributed by atoms with E-state index in [1.807, 2.05) is 13.8 Å². The first-order chi connectivity index (χ1) is 15.1. The van der Waals surface area contributed by atoms with E-state index in [-0.39, 0.29) is 29.1 Å². The van der Waals surface area contributed by atoms with E-state index < -0.39 is 0 Å². The summed E-state index contributed by atoms with van der Waals surface area (Å²) in [4.78, 5) is 33.0. The Hall–Kier alpha value is -1.18. The standard InChI is InChI=1S/C25H46N2O5/c1-7-30-22(28)14-16-26(17-15-23(29)31-8-2)20-18-24(3,4)27(25(5,6)19-20)32-21-12-10-9-11-13-21/h20-21H,7-19H2,1-6H3. The van der Waals surface area contributed by atoms with Crippen LogP contribution in [0.4, 0.5) is 0 Å². The maximum atomic E-state index is 12.0. The summed E-state index contributed by atoms with van der Waals surface area (Å²) in [6, 6.07) is 0.245. The van der Waals surface area contributed by atoms with Crippen LogP contribution in [0.15, 0.2) is 0 Å². The van der Waals surface area contributed by atoms with E-state index in [0.717, 1.165) is 25.7 Å². The van der Waals surface area contributed by atoms with Crippen LogP contribution in [0.2, 0.25) is 0 Å². The van der Waals surface area contributed by atoms with Gasteiger partial charge in [0.15, 0.2) is 0 Å².